The summed E-state index contributed by atoms with van der Waals surface area (Å²) in [5.74, 6) is 1.43. The zero-order valence-electron chi connectivity index (χ0n) is 9.00. The Morgan fingerprint density at radius 2 is 2.27 bits per heavy atom. The summed E-state index contributed by atoms with van der Waals surface area (Å²) in [6, 6.07) is 0.585. The van der Waals surface area contributed by atoms with Crippen molar-refractivity contribution in [1.29, 1.82) is 0 Å². The summed E-state index contributed by atoms with van der Waals surface area (Å²) in [5, 5.41) is 3.53. The molecule has 1 aromatic heterocycles. The van der Waals surface area contributed by atoms with Gasteiger partial charge >= 0.3 is 0 Å². The maximum absolute atomic E-state index is 6.08. The molecule has 4 nitrogen and oxygen atoms in total. The van der Waals surface area contributed by atoms with Crippen LogP contribution in [-0.2, 0) is 0 Å². The molecule has 1 fully saturated rings. The molecule has 0 spiro atoms. The Bertz CT molecular complexity index is 351. The lowest BCUT2D eigenvalue weighted by atomic mass is 9.92. The first-order valence-corrected chi connectivity index (χ1v) is 5.53. The molecule has 82 valence electrons. The predicted molar refractivity (Wildman–Crippen MR) is 62.6 cm³/mol. The van der Waals surface area contributed by atoms with Gasteiger partial charge in [-0.25, -0.2) is 4.98 Å². The fourth-order valence-electron chi connectivity index (χ4n) is 1.67. The molecule has 1 aromatic rings. The molecule has 5 heteroatoms. The topological polar surface area (TPSA) is 41.1 Å². The van der Waals surface area contributed by atoms with Crippen molar-refractivity contribution in [2.24, 2.45) is 0 Å². The average molecular weight is 227 g/mol. The second-order valence-corrected chi connectivity index (χ2v) is 4.22. The monoisotopic (exact) mass is 226 g/mol. The Morgan fingerprint density at radius 1 is 1.53 bits per heavy atom. The fourth-order valence-corrected chi connectivity index (χ4v) is 1.90. The van der Waals surface area contributed by atoms with Gasteiger partial charge in [-0.2, -0.15) is 4.98 Å². The van der Waals surface area contributed by atoms with E-state index in [1.807, 2.05) is 7.05 Å². The van der Waals surface area contributed by atoms with E-state index < -0.39 is 0 Å². The third-order valence-electron chi connectivity index (χ3n) is 2.91. The van der Waals surface area contributed by atoms with Gasteiger partial charge in [0.1, 0.15) is 5.02 Å². The summed E-state index contributed by atoms with van der Waals surface area (Å²) in [4.78, 5) is 10.6. The zero-order chi connectivity index (χ0) is 10.8. The SMILES string of the molecule is CNc1ncc(Cl)c(N(C)C2CCC2)n1. The van der Waals surface area contributed by atoms with Crippen molar-refractivity contribution in [2.45, 2.75) is 25.3 Å². The first kappa shape index (κ1) is 10.5. The highest BCUT2D eigenvalue weighted by molar-refractivity contribution is 6.32. The minimum absolute atomic E-state index is 0.585. The number of hydrogen-bond acceptors (Lipinski definition) is 4. The van der Waals surface area contributed by atoms with Crippen molar-refractivity contribution < 1.29 is 0 Å². The fraction of sp³-hybridized carbons (Fsp3) is 0.600. The number of halogens is 1. The van der Waals surface area contributed by atoms with E-state index >= 15 is 0 Å². The van der Waals surface area contributed by atoms with E-state index in [9.17, 15) is 0 Å². The number of nitrogens with one attached hydrogen (secondary N) is 1. The van der Waals surface area contributed by atoms with E-state index in [1.54, 1.807) is 13.2 Å². The molecule has 1 aliphatic carbocycles. The van der Waals surface area contributed by atoms with E-state index in [0.717, 1.165) is 5.82 Å². The van der Waals surface area contributed by atoms with Crippen molar-refractivity contribution in [1.82, 2.24) is 9.97 Å². The highest BCUT2D eigenvalue weighted by Crippen LogP contribution is 2.31. The normalized spacial score (nSPS) is 15.9. The minimum Gasteiger partial charge on any atom is -0.357 e. The minimum atomic E-state index is 0.585. The molecule has 1 heterocycles. The lowest BCUT2D eigenvalue weighted by Gasteiger charge is -2.35. The average Bonchev–Trinajstić information content (AvgIpc) is 2.15. The number of nitrogens with zero attached hydrogens (tertiary/aromatic N) is 3. The molecule has 1 saturated carbocycles. The molecule has 0 unspecified atom stereocenters. The Balaban J connectivity index is 2.24. The van der Waals surface area contributed by atoms with Crippen LogP contribution in [0.2, 0.25) is 5.02 Å². The second-order valence-electron chi connectivity index (χ2n) is 3.81. The van der Waals surface area contributed by atoms with Crippen molar-refractivity contribution in [2.75, 3.05) is 24.3 Å². The standard InChI is InChI=1S/C10H15ClN4/c1-12-10-13-6-8(11)9(14-10)15(2)7-4-3-5-7/h6-7H,3-5H2,1-2H3,(H,12,13,14). The van der Waals surface area contributed by atoms with Gasteiger partial charge in [0.15, 0.2) is 5.82 Å². The molecule has 0 radical (unpaired) electrons. The van der Waals surface area contributed by atoms with Crippen LogP contribution >= 0.6 is 11.6 Å². The van der Waals surface area contributed by atoms with Crippen LogP contribution in [0.5, 0.6) is 0 Å². The predicted octanol–water partition coefficient (Wildman–Crippen LogP) is 2.16. The highest BCUT2D eigenvalue weighted by atomic mass is 35.5. The Kier molecular flexibility index (Phi) is 2.95. The summed E-state index contributed by atoms with van der Waals surface area (Å²) >= 11 is 6.08. The summed E-state index contributed by atoms with van der Waals surface area (Å²) in [5.41, 5.74) is 0. The van der Waals surface area contributed by atoms with Gasteiger partial charge in [-0.3, -0.25) is 0 Å². The maximum Gasteiger partial charge on any atom is 0.224 e. The van der Waals surface area contributed by atoms with Crippen LogP contribution in [0.3, 0.4) is 0 Å². The van der Waals surface area contributed by atoms with Gasteiger partial charge in [0.2, 0.25) is 5.95 Å². The highest BCUT2D eigenvalue weighted by Gasteiger charge is 2.24. The van der Waals surface area contributed by atoms with Gasteiger partial charge in [0, 0.05) is 20.1 Å². The molecule has 0 saturated heterocycles. The van der Waals surface area contributed by atoms with Crippen LogP contribution in [0.1, 0.15) is 19.3 Å². The maximum atomic E-state index is 6.08. The second kappa shape index (κ2) is 4.23. The van der Waals surface area contributed by atoms with Gasteiger partial charge < -0.3 is 10.2 Å². The van der Waals surface area contributed by atoms with Crippen LogP contribution in [0.15, 0.2) is 6.20 Å². The molecule has 0 atom stereocenters. The third-order valence-corrected chi connectivity index (χ3v) is 3.17. The van der Waals surface area contributed by atoms with Gasteiger partial charge in [-0.1, -0.05) is 11.6 Å². The number of hydrogen-bond donors (Lipinski definition) is 1. The Labute approximate surface area is 94.7 Å². The summed E-state index contributed by atoms with van der Waals surface area (Å²) in [6.45, 7) is 0. The van der Waals surface area contributed by atoms with Crippen LogP contribution in [0.4, 0.5) is 11.8 Å². The van der Waals surface area contributed by atoms with E-state index in [1.165, 1.54) is 19.3 Å². The van der Waals surface area contributed by atoms with Crippen molar-refractivity contribution in [3.8, 4) is 0 Å². The van der Waals surface area contributed by atoms with E-state index in [-0.39, 0.29) is 0 Å². The lowest BCUT2D eigenvalue weighted by molar-refractivity contribution is 0.399. The van der Waals surface area contributed by atoms with Crippen LogP contribution in [0.25, 0.3) is 0 Å². The molecule has 1 aliphatic rings. The van der Waals surface area contributed by atoms with Gasteiger partial charge in [-0.05, 0) is 19.3 Å². The van der Waals surface area contributed by atoms with Crippen molar-refractivity contribution >= 4 is 23.4 Å². The summed E-state index contributed by atoms with van der Waals surface area (Å²) in [6.07, 6.45) is 5.40. The number of anilines is 2. The number of aromatic nitrogens is 2. The molecule has 0 aliphatic heterocycles. The lowest BCUT2D eigenvalue weighted by Crippen LogP contribution is -2.37. The van der Waals surface area contributed by atoms with Crippen LogP contribution in [-0.4, -0.2) is 30.1 Å². The Morgan fingerprint density at radius 3 is 2.80 bits per heavy atom. The van der Waals surface area contributed by atoms with E-state index in [0.29, 0.717) is 17.0 Å². The molecule has 1 N–H and O–H groups in total. The molecule has 0 aromatic carbocycles. The third kappa shape index (κ3) is 2.00. The van der Waals surface area contributed by atoms with Gasteiger partial charge in [0.25, 0.3) is 0 Å². The quantitative estimate of drug-likeness (QED) is 0.858. The van der Waals surface area contributed by atoms with E-state index in [2.05, 4.69) is 20.2 Å². The summed E-state index contributed by atoms with van der Waals surface area (Å²) in [7, 11) is 3.84. The van der Waals surface area contributed by atoms with Crippen molar-refractivity contribution in [3.63, 3.8) is 0 Å². The molecule has 0 amide bonds. The van der Waals surface area contributed by atoms with Crippen molar-refractivity contribution in [3.05, 3.63) is 11.2 Å². The molecular weight excluding hydrogens is 212 g/mol. The van der Waals surface area contributed by atoms with Crippen LogP contribution < -0.4 is 10.2 Å². The van der Waals surface area contributed by atoms with Gasteiger partial charge in [0.05, 0.1) is 6.20 Å². The van der Waals surface area contributed by atoms with E-state index in [4.69, 9.17) is 11.6 Å². The number of rotatable bonds is 3. The molecule has 2 rings (SSSR count). The van der Waals surface area contributed by atoms with Crippen LogP contribution in [0, 0.1) is 0 Å². The Hall–Kier alpha value is -1.03. The molecular formula is C10H15ClN4. The zero-order valence-corrected chi connectivity index (χ0v) is 9.75. The largest absolute Gasteiger partial charge is 0.357 e. The smallest absolute Gasteiger partial charge is 0.224 e. The molecule has 15 heavy (non-hydrogen) atoms. The first-order chi connectivity index (χ1) is 7.22. The summed E-state index contributed by atoms with van der Waals surface area (Å²) < 4.78 is 0. The van der Waals surface area contributed by atoms with Gasteiger partial charge in [-0.15, -0.1) is 0 Å². The first-order valence-electron chi connectivity index (χ1n) is 5.15. The molecule has 0 bridgehead atoms.